The smallest absolute Gasteiger partial charge is 0.356 e. The minimum atomic E-state index is -1.03. The van der Waals surface area contributed by atoms with Gasteiger partial charge >= 0.3 is 5.97 Å². The van der Waals surface area contributed by atoms with E-state index in [1.807, 2.05) is 66.9 Å². The first-order valence-corrected chi connectivity index (χ1v) is 7.02. The summed E-state index contributed by atoms with van der Waals surface area (Å²) in [5.74, 6) is -0.389. The van der Waals surface area contributed by atoms with Crippen molar-refractivity contribution in [2.75, 3.05) is 0 Å². The molecule has 0 saturated heterocycles. The summed E-state index contributed by atoms with van der Waals surface area (Å²) in [4.78, 5) is 15.6. The van der Waals surface area contributed by atoms with Crippen LogP contribution in [0.2, 0.25) is 0 Å². The van der Waals surface area contributed by atoms with Crippen LogP contribution >= 0.6 is 0 Å². The van der Waals surface area contributed by atoms with Crippen molar-refractivity contribution < 1.29 is 9.90 Å². The van der Waals surface area contributed by atoms with Gasteiger partial charge in [-0.3, -0.25) is 4.57 Å². The molecule has 4 nitrogen and oxygen atoms in total. The molecule has 3 aromatic rings. The summed E-state index contributed by atoms with van der Waals surface area (Å²) in [6.07, 6.45) is 1.56. The highest BCUT2D eigenvalue weighted by atomic mass is 16.4. The normalized spacial score (nSPS) is 10.6. The number of benzene rings is 2. The Morgan fingerprint density at radius 2 is 1.73 bits per heavy atom. The Bertz CT molecular complexity index is 833. The van der Waals surface area contributed by atoms with Crippen LogP contribution in [-0.2, 0) is 0 Å². The molecule has 4 heteroatoms. The molecule has 0 fully saturated rings. The second-order valence-electron chi connectivity index (χ2n) is 5.28. The van der Waals surface area contributed by atoms with Crippen LogP contribution in [0.1, 0.15) is 21.6 Å². The lowest BCUT2D eigenvalue weighted by atomic mass is 10.1. The second kappa shape index (κ2) is 5.48. The third-order valence-electron chi connectivity index (χ3n) is 3.62. The van der Waals surface area contributed by atoms with Gasteiger partial charge in [0.05, 0.1) is 0 Å². The lowest BCUT2D eigenvalue weighted by molar-refractivity contribution is 0.0691. The third kappa shape index (κ3) is 2.51. The highest BCUT2D eigenvalue weighted by molar-refractivity contribution is 5.86. The summed E-state index contributed by atoms with van der Waals surface area (Å²) in [7, 11) is 0. The Balaban J connectivity index is 2.23. The predicted molar refractivity (Wildman–Crippen MR) is 85.4 cm³/mol. The highest BCUT2D eigenvalue weighted by Gasteiger charge is 2.16. The molecule has 0 unspecified atom stereocenters. The van der Waals surface area contributed by atoms with Crippen molar-refractivity contribution in [1.29, 1.82) is 0 Å². The fourth-order valence-corrected chi connectivity index (χ4v) is 2.40. The number of hydrogen-bond acceptors (Lipinski definition) is 2. The van der Waals surface area contributed by atoms with E-state index in [1.54, 1.807) is 6.20 Å². The Morgan fingerprint density at radius 1 is 1.05 bits per heavy atom. The molecular formula is C18H16N2O2. The molecule has 0 saturated carbocycles. The summed E-state index contributed by atoms with van der Waals surface area (Å²) >= 11 is 0. The summed E-state index contributed by atoms with van der Waals surface area (Å²) < 4.78 is 1.82. The Kier molecular flexibility index (Phi) is 3.51. The molecule has 0 bridgehead atoms. The molecule has 3 rings (SSSR count). The predicted octanol–water partition coefficient (Wildman–Crippen LogP) is 3.85. The number of aromatic nitrogens is 2. The van der Waals surface area contributed by atoms with Gasteiger partial charge in [-0.1, -0.05) is 42.0 Å². The Morgan fingerprint density at radius 3 is 2.36 bits per heavy atom. The molecule has 0 amide bonds. The molecule has 0 aliphatic rings. The number of aryl methyl sites for hydroxylation is 2. The SMILES string of the molecule is Cc1ccc(-n2cc(C(=O)O)nc2-c2ccccc2C)cc1. The maximum absolute atomic E-state index is 11.3. The van der Waals surface area contributed by atoms with Crippen molar-refractivity contribution in [3.05, 3.63) is 71.5 Å². The summed E-state index contributed by atoms with van der Waals surface area (Å²) in [6.45, 7) is 4.01. The van der Waals surface area contributed by atoms with Crippen molar-refractivity contribution in [2.24, 2.45) is 0 Å². The zero-order valence-electron chi connectivity index (χ0n) is 12.4. The van der Waals surface area contributed by atoms with E-state index in [2.05, 4.69) is 4.98 Å². The van der Waals surface area contributed by atoms with E-state index in [0.29, 0.717) is 5.82 Å². The van der Waals surface area contributed by atoms with Gasteiger partial charge in [0.25, 0.3) is 0 Å². The largest absolute Gasteiger partial charge is 0.476 e. The zero-order chi connectivity index (χ0) is 15.7. The van der Waals surface area contributed by atoms with Crippen LogP contribution in [0, 0.1) is 13.8 Å². The van der Waals surface area contributed by atoms with E-state index >= 15 is 0 Å². The van der Waals surface area contributed by atoms with Crippen LogP contribution in [-0.4, -0.2) is 20.6 Å². The maximum Gasteiger partial charge on any atom is 0.356 e. The molecule has 1 heterocycles. The highest BCUT2D eigenvalue weighted by Crippen LogP contribution is 2.26. The van der Waals surface area contributed by atoms with Gasteiger partial charge in [-0.05, 0) is 31.5 Å². The van der Waals surface area contributed by atoms with Crippen molar-refractivity contribution in [3.8, 4) is 17.1 Å². The molecule has 1 N–H and O–H groups in total. The monoisotopic (exact) mass is 292 g/mol. The molecule has 0 aliphatic heterocycles. The van der Waals surface area contributed by atoms with E-state index in [9.17, 15) is 9.90 Å². The van der Waals surface area contributed by atoms with E-state index in [-0.39, 0.29) is 5.69 Å². The maximum atomic E-state index is 11.3. The van der Waals surface area contributed by atoms with Gasteiger partial charge < -0.3 is 5.11 Å². The van der Waals surface area contributed by atoms with Crippen molar-refractivity contribution in [3.63, 3.8) is 0 Å². The second-order valence-corrected chi connectivity index (χ2v) is 5.28. The fraction of sp³-hybridized carbons (Fsp3) is 0.111. The van der Waals surface area contributed by atoms with Crippen molar-refractivity contribution in [2.45, 2.75) is 13.8 Å². The molecule has 1 aromatic heterocycles. The number of carboxylic acids is 1. The van der Waals surface area contributed by atoms with Crippen LogP contribution in [0.5, 0.6) is 0 Å². The fourth-order valence-electron chi connectivity index (χ4n) is 2.40. The van der Waals surface area contributed by atoms with Crippen LogP contribution < -0.4 is 0 Å². The van der Waals surface area contributed by atoms with Gasteiger partial charge in [0.2, 0.25) is 0 Å². The summed E-state index contributed by atoms with van der Waals surface area (Å²) in [5, 5.41) is 9.25. The van der Waals surface area contributed by atoms with Gasteiger partial charge in [-0.2, -0.15) is 0 Å². The summed E-state index contributed by atoms with van der Waals surface area (Å²) in [5.41, 5.74) is 4.07. The third-order valence-corrected chi connectivity index (χ3v) is 3.62. The summed E-state index contributed by atoms with van der Waals surface area (Å²) in [6, 6.07) is 15.7. The molecule has 0 radical (unpaired) electrons. The minimum absolute atomic E-state index is 0.0406. The lowest BCUT2D eigenvalue weighted by Crippen LogP contribution is -1.97. The first-order valence-electron chi connectivity index (χ1n) is 7.02. The van der Waals surface area contributed by atoms with Crippen molar-refractivity contribution in [1.82, 2.24) is 9.55 Å². The average Bonchev–Trinajstić information content (AvgIpc) is 2.94. The molecule has 0 spiro atoms. The standard InChI is InChI=1S/C18H16N2O2/c1-12-7-9-14(10-8-12)20-11-16(18(21)22)19-17(20)15-6-4-3-5-13(15)2/h3-11H,1-2H3,(H,21,22). The van der Waals surface area contributed by atoms with E-state index in [0.717, 1.165) is 22.4 Å². The van der Waals surface area contributed by atoms with Crippen LogP contribution in [0.15, 0.2) is 54.7 Å². The van der Waals surface area contributed by atoms with E-state index < -0.39 is 5.97 Å². The van der Waals surface area contributed by atoms with Crippen LogP contribution in [0.4, 0.5) is 0 Å². The lowest BCUT2D eigenvalue weighted by Gasteiger charge is -2.10. The molecule has 0 atom stereocenters. The minimum Gasteiger partial charge on any atom is -0.476 e. The number of hydrogen-bond donors (Lipinski definition) is 1. The topological polar surface area (TPSA) is 55.1 Å². The van der Waals surface area contributed by atoms with Gasteiger partial charge in [0.1, 0.15) is 5.82 Å². The Labute approximate surface area is 128 Å². The molecular weight excluding hydrogens is 276 g/mol. The van der Waals surface area contributed by atoms with Crippen molar-refractivity contribution >= 4 is 5.97 Å². The zero-order valence-corrected chi connectivity index (χ0v) is 12.4. The Hall–Kier alpha value is -2.88. The first kappa shape index (κ1) is 14.1. The number of nitrogens with zero attached hydrogens (tertiary/aromatic N) is 2. The molecule has 0 aliphatic carbocycles. The van der Waals surface area contributed by atoms with Gasteiger partial charge in [-0.25, -0.2) is 9.78 Å². The molecule has 22 heavy (non-hydrogen) atoms. The molecule has 110 valence electrons. The van der Waals surface area contributed by atoms with Gasteiger partial charge in [0.15, 0.2) is 5.69 Å². The molecule has 2 aromatic carbocycles. The number of aromatic carboxylic acids is 1. The van der Waals surface area contributed by atoms with Crippen LogP contribution in [0.25, 0.3) is 17.1 Å². The number of carbonyl (C=O) groups is 1. The quantitative estimate of drug-likeness (QED) is 0.797. The van der Waals surface area contributed by atoms with E-state index in [4.69, 9.17) is 0 Å². The average molecular weight is 292 g/mol. The first-order chi connectivity index (χ1) is 10.6. The number of carboxylic acid groups (broad SMARTS) is 1. The van der Waals surface area contributed by atoms with Gasteiger partial charge in [-0.15, -0.1) is 0 Å². The number of rotatable bonds is 3. The van der Waals surface area contributed by atoms with E-state index in [1.165, 1.54) is 0 Å². The van der Waals surface area contributed by atoms with Gasteiger partial charge in [0, 0.05) is 17.4 Å². The number of imidazole rings is 1. The van der Waals surface area contributed by atoms with Crippen LogP contribution in [0.3, 0.4) is 0 Å².